The molecule has 0 radical (unpaired) electrons. The summed E-state index contributed by atoms with van der Waals surface area (Å²) in [5, 5.41) is 4.02. The molecular formula is C16H16ClNO2. The highest BCUT2D eigenvalue weighted by atomic mass is 35.5. The van der Waals surface area contributed by atoms with Gasteiger partial charge in [-0.1, -0.05) is 35.9 Å². The van der Waals surface area contributed by atoms with Gasteiger partial charge >= 0.3 is 5.97 Å². The topological polar surface area (TPSA) is 38.3 Å². The zero-order chi connectivity index (χ0) is 14.5. The largest absolute Gasteiger partial charge is 0.465 e. The zero-order valence-electron chi connectivity index (χ0n) is 11.4. The number of anilines is 1. The van der Waals surface area contributed by atoms with Gasteiger partial charge in [-0.2, -0.15) is 0 Å². The summed E-state index contributed by atoms with van der Waals surface area (Å²) >= 11 is 6.12. The minimum atomic E-state index is -0.342. The third kappa shape index (κ3) is 3.31. The summed E-state index contributed by atoms with van der Waals surface area (Å²) in [7, 11) is 1.37. The molecule has 0 saturated heterocycles. The number of halogens is 1. The van der Waals surface area contributed by atoms with Crippen LogP contribution in [0.1, 0.15) is 21.5 Å². The van der Waals surface area contributed by atoms with Crippen LogP contribution in [0.4, 0.5) is 5.69 Å². The van der Waals surface area contributed by atoms with Crippen LogP contribution in [0.3, 0.4) is 0 Å². The monoisotopic (exact) mass is 289 g/mol. The number of carbonyl (C=O) groups is 1. The average Bonchev–Trinajstić information content (AvgIpc) is 2.47. The van der Waals surface area contributed by atoms with E-state index in [0.29, 0.717) is 12.1 Å². The van der Waals surface area contributed by atoms with Crippen LogP contribution in [0, 0.1) is 6.92 Å². The minimum absolute atomic E-state index is 0.342. The smallest absolute Gasteiger partial charge is 0.337 e. The van der Waals surface area contributed by atoms with E-state index >= 15 is 0 Å². The van der Waals surface area contributed by atoms with Crippen molar-refractivity contribution in [3.63, 3.8) is 0 Å². The lowest BCUT2D eigenvalue weighted by Crippen LogP contribution is -2.05. The number of hydrogen-bond donors (Lipinski definition) is 1. The Morgan fingerprint density at radius 1 is 1.25 bits per heavy atom. The van der Waals surface area contributed by atoms with Crippen molar-refractivity contribution in [2.45, 2.75) is 13.5 Å². The Morgan fingerprint density at radius 2 is 2.00 bits per heavy atom. The maximum absolute atomic E-state index is 11.5. The van der Waals surface area contributed by atoms with Crippen LogP contribution in [0.15, 0.2) is 42.5 Å². The normalized spacial score (nSPS) is 10.2. The van der Waals surface area contributed by atoms with E-state index in [-0.39, 0.29) is 5.97 Å². The SMILES string of the molecule is COC(=O)c1ccc(C)c(NCc2ccccc2Cl)c1. The zero-order valence-corrected chi connectivity index (χ0v) is 12.2. The van der Waals surface area contributed by atoms with Gasteiger partial charge in [-0.05, 0) is 36.2 Å². The van der Waals surface area contributed by atoms with Gasteiger partial charge < -0.3 is 10.1 Å². The van der Waals surface area contributed by atoms with Gasteiger partial charge in [-0.3, -0.25) is 0 Å². The molecule has 0 bridgehead atoms. The van der Waals surface area contributed by atoms with E-state index in [2.05, 4.69) is 5.32 Å². The third-order valence-corrected chi connectivity index (χ3v) is 3.45. The second-order valence-electron chi connectivity index (χ2n) is 4.47. The molecule has 0 fully saturated rings. The Hall–Kier alpha value is -2.00. The minimum Gasteiger partial charge on any atom is -0.465 e. The molecule has 0 atom stereocenters. The first kappa shape index (κ1) is 14.4. The summed E-state index contributed by atoms with van der Waals surface area (Å²) in [6.45, 7) is 2.58. The Balaban J connectivity index is 2.17. The van der Waals surface area contributed by atoms with Crippen molar-refractivity contribution in [2.24, 2.45) is 0 Å². The Morgan fingerprint density at radius 3 is 2.70 bits per heavy atom. The summed E-state index contributed by atoms with van der Waals surface area (Å²) in [5.41, 5.74) is 3.49. The molecule has 0 saturated carbocycles. The molecule has 20 heavy (non-hydrogen) atoms. The predicted molar refractivity (Wildman–Crippen MR) is 81.3 cm³/mol. The highest BCUT2D eigenvalue weighted by Gasteiger charge is 2.08. The Labute approximate surface area is 123 Å². The fraction of sp³-hybridized carbons (Fsp3) is 0.188. The Bertz CT molecular complexity index is 626. The molecule has 0 amide bonds. The molecule has 0 aliphatic heterocycles. The maximum Gasteiger partial charge on any atom is 0.337 e. The van der Waals surface area contributed by atoms with Gasteiger partial charge in [0.25, 0.3) is 0 Å². The van der Waals surface area contributed by atoms with Gasteiger partial charge in [0.2, 0.25) is 0 Å². The van der Waals surface area contributed by atoms with Crippen LogP contribution in [-0.2, 0) is 11.3 Å². The van der Waals surface area contributed by atoms with E-state index < -0.39 is 0 Å². The van der Waals surface area contributed by atoms with Crippen LogP contribution in [0.25, 0.3) is 0 Å². The first-order valence-electron chi connectivity index (χ1n) is 6.28. The number of methoxy groups -OCH3 is 1. The number of esters is 1. The molecule has 2 aromatic carbocycles. The molecule has 2 rings (SSSR count). The number of hydrogen-bond acceptors (Lipinski definition) is 3. The molecule has 0 unspecified atom stereocenters. The van der Waals surface area contributed by atoms with Gasteiger partial charge in [0.05, 0.1) is 12.7 Å². The molecule has 0 aliphatic rings. The number of carbonyl (C=O) groups excluding carboxylic acids is 1. The average molecular weight is 290 g/mol. The number of rotatable bonds is 4. The van der Waals surface area contributed by atoms with Crippen molar-refractivity contribution < 1.29 is 9.53 Å². The van der Waals surface area contributed by atoms with Crippen LogP contribution >= 0.6 is 11.6 Å². The predicted octanol–water partition coefficient (Wildman–Crippen LogP) is 4.05. The first-order valence-corrected chi connectivity index (χ1v) is 6.66. The van der Waals surface area contributed by atoms with Crippen molar-refractivity contribution in [3.8, 4) is 0 Å². The number of aryl methyl sites for hydroxylation is 1. The van der Waals surface area contributed by atoms with Crippen LogP contribution in [0.5, 0.6) is 0 Å². The van der Waals surface area contributed by atoms with Gasteiger partial charge in [-0.25, -0.2) is 4.79 Å². The summed E-state index contributed by atoms with van der Waals surface area (Å²) in [5.74, 6) is -0.342. The molecule has 0 aliphatic carbocycles. The van der Waals surface area contributed by atoms with Gasteiger partial charge in [-0.15, -0.1) is 0 Å². The lowest BCUT2D eigenvalue weighted by molar-refractivity contribution is 0.0601. The van der Waals surface area contributed by atoms with Crippen molar-refractivity contribution in [2.75, 3.05) is 12.4 Å². The lowest BCUT2D eigenvalue weighted by atomic mass is 10.1. The number of nitrogens with one attached hydrogen (secondary N) is 1. The molecule has 3 nitrogen and oxygen atoms in total. The van der Waals surface area contributed by atoms with Crippen molar-refractivity contribution in [3.05, 3.63) is 64.2 Å². The Kier molecular flexibility index (Phi) is 4.64. The van der Waals surface area contributed by atoms with E-state index in [9.17, 15) is 4.79 Å². The highest BCUT2D eigenvalue weighted by Crippen LogP contribution is 2.21. The van der Waals surface area contributed by atoms with E-state index in [0.717, 1.165) is 21.8 Å². The molecule has 0 spiro atoms. The highest BCUT2D eigenvalue weighted by molar-refractivity contribution is 6.31. The van der Waals surface area contributed by atoms with Crippen LogP contribution in [-0.4, -0.2) is 13.1 Å². The second kappa shape index (κ2) is 6.44. The van der Waals surface area contributed by atoms with Gasteiger partial charge in [0.15, 0.2) is 0 Å². The van der Waals surface area contributed by atoms with Crippen LogP contribution < -0.4 is 5.32 Å². The summed E-state index contributed by atoms with van der Waals surface area (Å²) in [4.78, 5) is 11.5. The summed E-state index contributed by atoms with van der Waals surface area (Å²) in [6.07, 6.45) is 0. The molecule has 0 heterocycles. The van der Waals surface area contributed by atoms with Gasteiger partial charge in [0.1, 0.15) is 0 Å². The molecule has 104 valence electrons. The fourth-order valence-corrected chi connectivity index (χ4v) is 2.09. The fourth-order valence-electron chi connectivity index (χ4n) is 1.89. The summed E-state index contributed by atoms with van der Waals surface area (Å²) < 4.78 is 4.73. The lowest BCUT2D eigenvalue weighted by Gasteiger charge is -2.12. The van der Waals surface area contributed by atoms with Crippen molar-refractivity contribution >= 4 is 23.3 Å². The second-order valence-corrected chi connectivity index (χ2v) is 4.87. The van der Waals surface area contributed by atoms with Gasteiger partial charge in [0, 0.05) is 17.3 Å². The molecule has 1 N–H and O–H groups in total. The van der Waals surface area contributed by atoms with E-state index in [4.69, 9.17) is 16.3 Å². The maximum atomic E-state index is 11.5. The number of benzene rings is 2. The van der Waals surface area contributed by atoms with Crippen LogP contribution in [0.2, 0.25) is 5.02 Å². The molecule has 0 aromatic heterocycles. The standard InChI is InChI=1S/C16H16ClNO2/c1-11-7-8-12(16(19)20-2)9-15(11)18-10-13-5-3-4-6-14(13)17/h3-9,18H,10H2,1-2H3. The summed E-state index contributed by atoms with van der Waals surface area (Å²) in [6, 6.07) is 13.1. The van der Waals surface area contributed by atoms with Crippen molar-refractivity contribution in [1.29, 1.82) is 0 Å². The molecular weight excluding hydrogens is 274 g/mol. The molecule has 2 aromatic rings. The van der Waals surface area contributed by atoms with E-state index in [1.807, 2.05) is 37.3 Å². The third-order valence-electron chi connectivity index (χ3n) is 3.09. The quantitative estimate of drug-likeness (QED) is 0.863. The first-order chi connectivity index (χ1) is 9.61. The van der Waals surface area contributed by atoms with E-state index in [1.165, 1.54) is 7.11 Å². The molecule has 4 heteroatoms. The van der Waals surface area contributed by atoms with E-state index in [1.54, 1.807) is 12.1 Å². The number of ether oxygens (including phenoxy) is 1. The van der Waals surface area contributed by atoms with Crippen molar-refractivity contribution in [1.82, 2.24) is 0 Å².